The average Bonchev–Trinajstić information content (AvgIpc) is 2.89. The molecule has 0 saturated carbocycles. The maximum atomic E-state index is 12.8. The van der Waals surface area contributed by atoms with Crippen molar-refractivity contribution in [3.8, 4) is 0 Å². The Hall–Kier alpha value is -1.35. The summed E-state index contributed by atoms with van der Waals surface area (Å²) in [5, 5.41) is 3.34. The van der Waals surface area contributed by atoms with Crippen LogP contribution in [0, 0.1) is 12.8 Å². The van der Waals surface area contributed by atoms with Gasteiger partial charge in [0.2, 0.25) is 5.91 Å². The van der Waals surface area contributed by atoms with Gasteiger partial charge in [0.1, 0.15) is 0 Å². The molecule has 2 atom stereocenters. The van der Waals surface area contributed by atoms with Gasteiger partial charge in [0.25, 0.3) is 0 Å². The normalized spacial score (nSPS) is 27.0. The molecular formula is C18H26N2O. The van der Waals surface area contributed by atoms with E-state index in [2.05, 4.69) is 48.3 Å². The smallest absolute Gasteiger partial charge is 0.226 e. The number of likely N-dealkylation sites (tertiary alicyclic amines) is 1. The van der Waals surface area contributed by atoms with Gasteiger partial charge in [-0.3, -0.25) is 4.79 Å². The average molecular weight is 286 g/mol. The molecule has 0 spiro atoms. The van der Waals surface area contributed by atoms with E-state index in [0.717, 1.165) is 38.9 Å². The molecule has 2 heterocycles. The predicted molar refractivity (Wildman–Crippen MR) is 85.3 cm³/mol. The largest absolute Gasteiger partial charge is 0.339 e. The van der Waals surface area contributed by atoms with Gasteiger partial charge in [-0.15, -0.1) is 0 Å². The SMILES string of the molecule is Cc1ccccc1C1CC(C)N(C(=O)C2CCNCC2)C1. The van der Waals surface area contributed by atoms with Crippen molar-refractivity contribution in [2.45, 2.75) is 45.1 Å². The molecule has 3 heteroatoms. The number of rotatable bonds is 2. The molecule has 2 fully saturated rings. The number of hydrogen-bond donors (Lipinski definition) is 1. The molecule has 2 unspecified atom stereocenters. The summed E-state index contributed by atoms with van der Waals surface area (Å²) < 4.78 is 0. The number of piperidine rings is 1. The molecule has 0 aliphatic carbocycles. The fourth-order valence-electron chi connectivity index (χ4n) is 3.91. The Morgan fingerprint density at radius 1 is 1.24 bits per heavy atom. The summed E-state index contributed by atoms with van der Waals surface area (Å²) in [7, 11) is 0. The van der Waals surface area contributed by atoms with E-state index >= 15 is 0 Å². The molecule has 3 rings (SSSR count). The molecular weight excluding hydrogens is 260 g/mol. The van der Waals surface area contributed by atoms with E-state index in [9.17, 15) is 4.79 Å². The molecule has 0 aromatic heterocycles. The summed E-state index contributed by atoms with van der Waals surface area (Å²) in [5.74, 6) is 1.14. The Balaban J connectivity index is 1.71. The van der Waals surface area contributed by atoms with E-state index in [-0.39, 0.29) is 5.92 Å². The van der Waals surface area contributed by atoms with Crippen LogP contribution < -0.4 is 5.32 Å². The number of hydrogen-bond acceptors (Lipinski definition) is 2. The molecule has 2 saturated heterocycles. The first-order chi connectivity index (χ1) is 10.2. The van der Waals surface area contributed by atoms with Crippen molar-refractivity contribution in [1.29, 1.82) is 0 Å². The number of nitrogens with zero attached hydrogens (tertiary/aromatic N) is 1. The third-order valence-corrected chi connectivity index (χ3v) is 5.17. The molecule has 0 bridgehead atoms. The van der Waals surface area contributed by atoms with E-state index in [1.807, 2.05) is 0 Å². The van der Waals surface area contributed by atoms with Crippen LogP contribution in [0.3, 0.4) is 0 Å². The highest BCUT2D eigenvalue weighted by molar-refractivity contribution is 5.79. The second kappa shape index (κ2) is 6.18. The van der Waals surface area contributed by atoms with Gasteiger partial charge in [-0.25, -0.2) is 0 Å². The summed E-state index contributed by atoms with van der Waals surface area (Å²) in [5.41, 5.74) is 2.77. The highest BCUT2D eigenvalue weighted by Crippen LogP contribution is 2.34. The van der Waals surface area contributed by atoms with Crippen molar-refractivity contribution < 1.29 is 4.79 Å². The van der Waals surface area contributed by atoms with Crippen LogP contribution in [-0.4, -0.2) is 36.5 Å². The molecule has 114 valence electrons. The summed E-state index contributed by atoms with van der Waals surface area (Å²) in [6, 6.07) is 8.99. The summed E-state index contributed by atoms with van der Waals surface area (Å²) >= 11 is 0. The number of aryl methyl sites for hydroxylation is 1. The molecule has 1 N–H and O–H groups in total. The number of benzene rings is 1. The van der Waals surface area contributed by atoms with Gasteiger partial charge in [-0.2, -0.15) is 0 Å². The van der Waals surface area contributed by atoms with E-state index < -0.39 is 0 Å². The van der Waals surface area contributed by atoms with Gasteiger partial charge in [0.15, 0.2) is 0 Å². The fourth-order valence-corrected chi connectivity index (χ4v) is 3.91. The zero-order valence-electron chi connectivity index (χ0n) is 13.1. The van der Waals surface area contributed by atoms with Crippen LogP contribution in [0.5, 0.6) is 0 Å². The summed E-state index contributed by atoms with van der Waals surface area (Å²) in [4.78, 5) is 14.9. The lowest BCUT2D eigenvalue weighted by molar-refractivity contribution is -0.136. The van der Waals surface area contributed by atoms with Gasteiger partial charge in [-0.05, 0) is 57.3 Å². The van der Waals surface area contributed by atoms with Gasteiger partial charge in [-0.1, -0.05) is 24.3 Å². The van der Waals surface area contributed by atoms with Crippen LogP contribution in [0.2, 0.25) is 0 Å². The minimum absolute atomic E-state index is 0.240. The van der Waals surface area contributed by atoms with Crippen LogP contribution in [0.1, 0.15) is 43.2 Å². The molecule has 2 aliphatic heterocycles. The van der Waals surface area contributed by atoms with Crippen molar-refractivity contribution in [2.24, 2.45) is 5.92 Å². The van der Waals surface area contributed by atoms with Gasteiger partial charge < -0.3 is 10.2 Å². The maximum Gasteiger partial charge on any atom is 0.226 e. The van der Waals surface area contributed by atoms with Crippen LogP contribution in [-0.2, 0) is 4.79 Å². The van der Waals surface area contributed by atoms with E-state index in [0.29, 0.717) is 17.9 Å². The van der Waals surface area contributed by atoms with Gasteiger partial charge in [0.05, 0.1) is 0 Å². The minimum atomic E-state index is 0.240. The van der Waals surface area contributed by atoms with Crippen LogP contribution in [0.25, 0.3) is 0 Å². The standard InChI is InChI=1S/C18H26N2O/c1-13-5-3-4-6-17(13)16-11-14(2)20(12-16)18(21)15-7-9-19-10-8-15/h3-6,14-16,19H,7-12H2,1-2H3. The molecule has 21 heavy (non-hydrogen) atoms. The molecule has 0 radical (unpaired) electrons. The molecule has 1 amide bonds. The lowest BCUT2D eigenvalue weighted by Crippen LogP contribution is -2.42. The number of amides is 1. The summed E-state index contributed by atoms with van der Waals surface area (Å²) in [6.07, 6.45) is 3.09. The van der Waals surface area contributed by atoms with Gasteiger partial charge >= 0.3 is 0 Å². The molecule has 1 aromatic rings. The molecule has 3 nitrogen and oxygen atoms in total. The third kappa shape index (κ3) is 2.98. The Labute approximate surface area is 127 Å². The number of carbonyl (C=O) groups is 1. The minimum Gasteiger partial charge on any atom is -0.339 e. The highest BCUT2D eigenvalue weighted by atomic mass is 16.2. The predicted octanol–water partition coefficient (Wildman–Crippen LogP) is 2.70. The van der Waals surface area contributed by atoms with E-state index in [1.165, 1.54) is 11.1 Å². The molecule has 1 aromatic carbocycles. The lowest BCUT2D eigenvalue weighted by atomic mass is 9.93. The van der Waals surface area contributed by atoms with Crippen molar-refractivity contribution in [3.63, 3.8) is 0 Å². The van der Waals surface area contributed by atoms with Crippen LogP contribution in [0.15, 0.2) is 24.3 Å². The van der Waals surface area contributed by atoms with Crippen molar-refractivity contribution >= 4 is 5.91 Å². The maximum absolute atomic E-state index is 12.8. The Bertz CT molecular complexity index is 508. The van der Waals surface area contributed by atoms with E-state index in [4.69, 9.17) is 0 Å². The monoisotopic (exact) mass is 286 g/mol. The molecule has 2 aliphatic rings. The first kappa shape index (κ1) is 14.6. The topological polar surface area (TPSA) is 32.3 Å². The second-order valence-electron chi connectivity index (χ2n) is 6.65. The Kier molecular flexibility index (Phi) is 4.29. The summed E-state index contributed by atoms with van der Waals surface area (Å²) in [6.45, 7) is 7.25. The second-order valence-corrected chi connectivity index (χ2v) is 6.65. The van der Waals surface area contributed by atoms with Gasteiger partial charge in [0, 0.05) is 24.4 Å². The fraction of sp³-hybridized carbons (Fsp3) is 0.611. The first-order valence-electron chi connectivity index (χ1n) is 8.23. The van der Waals surface area contributed by atoms with Crippen molar-refractivity contribution in [2.75, 3.05) is 19.6 Å². The zero-order chi connectivity index (χ0) is 14.8. The number of carbonyl (C=O) groups excluding carboxylic acids is 1. The lowest BCUT2D eigenvalue weighted by Gasteiger charge is -2.29. The Morgan fingerprint density at radius 3 is 2.67 bits per heavy atom. The van der Waals surface area contributed by atoms with Crippen molar-refractivity contribution in [1.82, 2.24) is 10.2 Å². The van der Waals surface area contributed by atoms with Crippen LogP contribution >= 0.6 is 0 Å². The third-order valence-electron chi connectivity index (χ3n) is 5.17. The first-order valence-corrected chi connectivity index (χ1v) is 8.23. The van der Waals surface area contributed by atoms with E-state index in [1.54, 1.807) is 0 Å². The number of nitrogens with one attached hydrogen (secondary N) is 1. The zero-order valence-corrected chi connectivity index (χ0v) is 13.1. The highest BCUT2D eigenvalue weighted by Gasteiger charge is 2.36. The Morgan fingerprint density at radius 2 is 1.95 bits per heavy atom. The van der Waals surface area contributed by atoms with Crippen molar-refractivity contribution in [3.05, 3.63) is 35.4 Å². The van der Waals surface area contributed by atoms with Crippen LogP contribution in [0.4, 0.5) is 0 Å². The quantitative estimate of drug-likeness (QED) is 0.906.